The van der Waals surface area contributed by atoms with Gasteiger partial charge in [0.05, 0.1) is 58.5 Å². The average Bonchev–Trinajstić information content (AvgIpc) is 3.31. The number of nitrogens with one attached hydrogen (secondary N) is 2. The molecular weight excluding hydrogens is 466 g/mol. The topological polar surface area (TPSA) is 91.7 Å². The molecule has 0 amide bonds. The fourth-order valence-corrected chi connectivity index (χ4v) is 3.29. The lowest BCUT2D eigenvalue weighted by molar-refractivity contribution is -0.00269. The fourth-order valence-electron chi connectivity index (χ4n) is 3.07. The molecule has 35 heavy (non-hydrogen) atoms. The van der Waals surface area contributed by atoms with E-state index >= 15 is 0 Å². The second-order valence-electron chi connectivity index (χ2n) is 8.13. The van der Waals surface area contributed by atoms with Gasteiger partial charge < -0.3 is 29.6 Å². The van der Waals surface area contributed by atoms with Gasteiger partial charge in [0.2, 0.25) is 0 Å². The maximum absolute atomic E-state index is 5.60. The first kappa shape index (κ1) is 29.1. The summed E-state index contributed by atoms with van der Waals surface area (Å²) in [4.78, 5) is 0. The molecule has 1 aromatic carbocycles. The minimum atomic E-state index is 0.550. The molecule has 0 atom stereocenters. The summed E-state index contributed by atoms with van der Waals surface area (Å²) in [5, 5.41) is 15.5. The van der Waals surface area contributed by atoms with Crippen molar-refractivity contribution in [2.24, 2.45) is 0 Å². The number of benzene rings is 1. The number of rotatable bonds is 20. The highest BCUT2D eigenvalue weighted by molar-refractivity contribution is 7.80. The van der Waals surface area contributed by atoms with Crippen LogP contribution >= 0.6 is 12.2 Å². The molecule has 9 nitrogen and oxygen atoms in total. The van der Waals surface area contributed by atoms with E-state index in [9.17, 15) is 0 Å². The first-order valence-corrected chi connectivity index (χ1v) is 12.9. The largest absolute Gasteiger partial charge is 0.379 e. The molecule has 0 fully saturated rings. The van der Waals surface area contributed by atoms with Crippen molar-refractivity contribution in [1.29, 1.82) is 0 Å². The minimum Gasteiger partial charge on any atom is -0.379 e. The van der Waals surface area contributed by atoms with Crippen molar-refractivity contribution in [2.45, 2.75) is 46.1 Å². The molecule has 2 aromatic rings. The van der Waals surface area contributed by atoms with Crippen LogP contribution in [0.1, 0.15) is 37.4 Å². The number of hydrogen-bond acceptors (Lipinski definition) is 7. The zero-order valence-corrected chi connectivity index (χ0v) is 22.0. The fraction of sp³-hybridized carbons (Fsp3) is 0.640. The van der Waals surface area contributed by atoms with Gasteiger partial charge in [-0.15, -0.1) is 5.10 Å². The highest BCUT2D eigenvalue weighted by Gasteiger charge is 2.02. The Bertz CT molecular complexity index is 803. The van der Waals surface area contributed by atoms with Gasteiger partial charge >= 0.3 is 0 Å². The lowest BCUT2D eigenvalue weighted by Crippen LogP contribution is -2.29. The first-order chi connectivity index (χ1) is 17.2. The Labute approximate surface area is 214 Å². The highest BCUT2D eigenvalue weighted by atomic mass is 32.1. The van der Waals surface area contributed by atoms with Crippen LogP contribution in [-0.4, -0.2) is 79.5 Å². The van der Waals surface area contributed by atoms with Gasteiger partial charge in [-0.3, -0.25) is 0 Å². The molecule has 0 radical (unpaired) electrons. The monoisotopic (exact) mass is 507 g/mol. The van der Waals surface area contributed by atoms with Gasteiger partial charge in [-0.05, 0) is 57.0 Å². The molecule has 1 aromatic heterocycles. The van der Waals surface area contributed by atoms with E-state index in [1.165, 1.54) is 5.56 Å². The van der Waals surface area contributed by atoms with Crippen LogP contribution in [0, 0.1) is 6.92 Å². The summed E-state index contributed by atoms with van der Waals surface area (Å²) in [7, 11) is 0. The predicted octanol–water partition coefficient (Wildman–Crippen LogP) is 3.37. The van der Waals surface area contributed by atoms with E-state index in [0.717, 1.165) is 50.2 Å². The lowest BCUT2D eigenvalue weighted by Gasteiger charge is -2.10. The van der Waals surface area contributed by atoms with Crippen molar-refractivity contribution >= 4 is 23.0 Å². The van der Waals surface area contributed by atoms with Crippen LogP contribution < -0.4 is 10.6 Å². The summed E-state index contributed by atoms with van der Waals surface area (Å²) in [6.07, 6.45) is 5.93. The normalized spacial score (nSPS) is 11.0. The third-order valence-electron chi connectivity index (χ3n) is 4.97. The minimum absolute atomic E-state index is 0.550. The summed E-state index contributed by atoms with van der Waals surface area (Å²) in [6.45, 7) is 10.5. The van der Waals surface area contributed by atoms with Gasteiger partial charge in [-0.1, -0.05) is 29.8 Å². The van der Waals surface area contributed by atoms with Crippen LogP contribution in [0.15, 0.2) is 30.5 Å². The van der Waals surface area contributed by atoms with E-state index in [1.807, 2.05) is 23.0 Å². The van der Waals surface area contributed by atoms with Crippen LogP contribution in [0.3, 0.4) is 0 Å². The number of nitrogens with zero attached hydrogens (tertiary/aromatic N) is 3. The molecule has 0 spiro atoms. The second kappa shape index (κ2) is 19.1. The smallest absolute Gasteiger partial charge is 0.170 e. The van der Waals surface area contributed by atoms with Crippen LogP contribution in [0.2, 0.25) is 0 Å². The molecule has 10 heteroatoms. The molecule has 0 saturated carbocycles. The maximum Gasteiger partial charge on any atom is 0.170 e. The van der Waals surface area contributed by atoms with E-state index in [-0.39, 0.29) is 0 Å². The molecule has 1 heterocycles. The first-order valence-electron chi connectivity index (χ1n) is 12.5. The Balaban J connectivity index is 1.39. The number of aromatic nitrogens is 3. The van der Waals surface area contributed by atoms with Gasteiger partial charge in [0.25, 0.3) is 0 Å². The van der Waals surface area contributed by atoms with Crippen molar-refractivity contribution in [3.8, 4) is 0 Å². The van der Waals surface area contributed by atoms with E-state index in [4.69, 9.17) is 31.2 Å². The summed E-state index contributed by atoms with van der Waals surface area (Å²) in [5.74, 6) is 0. The Hall–Kier alpha value is -2.11. The molecule has 0 bridgehead atoms. The summed E-state index contributed by atoms with van der Waals surface area (Å²) in [6, 6.07) is 8.17. The predicted molar refractivity (Wildman–Crippen MR) is 142 cm³/mol. The number of thiocarbonyl (C=S) groups is 1. The third kappa shape index (κ3) is 14.8. The van der Waals surface area contributed by atoms with Gasteiger partial charge in [-0.25, -0.2) is 4.68 Å². The molecule has 0 aliphatic carbocycles. The zero-order chi connectivity index (χ0) is 25.0. The molecule has 0 unspecified atom stereocenters. The number of aryl methyl sites for hydroxylation is 2. The number of ether oxygens (including phenoxy) is 4. The Kier molecular flexibility index (Phi) is 15.9. The van der Waals surface area contributed by atoms with Gasteiger partial charge in [0.15, 0.2) is 5.11 Å². The average molecular weight is 508 g/mol. The van der Waals surface area contributed by atoms with Crippen LogP contribution in [-0.2, 0) is 31.9 Å². The molecular formula is C25H41N5O4S. The van der Waals surface area contributed by atoms with Gasteiger partial charge in [-0.2, -0.15) is 0 Å². The molecule has 2 rings (SSSR count). The molecule has 2 N–H and O–H groups in total. The molecule has 0 aliphatic heterocycles. The Morgan fingerprint density at radius 3 is 2.17 bits per heavy atom. The molecule has 196 valence electrons. The van der Waals surface area contributed by atoms with E-state index < -0.39 is 0 Å². The van der Waals surface area contributed by atoms with Crippen LogP contribution in [0.4, 0.5) is 5.69 Å². The number of hydrogen-bond donors (Lipinski definition) is 2. The van der Waals surface area contributed by atoms with E-state index in [1.54, 1.807) is 0 Å². The molecule has 0 aliphatic rings. The van der Waals surface area contributed by atoms with E-state index in [2.05, 4.69) is 46.9 Å². The number of anilines is 1. The van der Waals surface area contributed by atoms with Gasteiger partial charge in [0.1, 0.15) is 0 Å². The van der Waals surface area contributed by atoms with Crippen LogP contribution in [0.5, 0.6) is 0 Å². The third-order valence-corrected chi connectivity index (χ3v) is 5.22. The Morgan fingerprint density at radius 2 is 1.51 bits per heavy atom. The SMILES string of the molecule is CCCOCCOCCOCCOCCn1cc(CCCCNC(=S)Nc2ccc(C)cc2)nn1. The summed E-state index contributed by atoms with van der Waals surface area (Å²) >= 11 is 5.34. The number of unbranched alkanes of at least 4 members (excludes halogenated alkanes) is 1. The van der Waals surface area contributed by atoms with E-state index in [0.29, 0.717) is 57.9 Å². The summed E-state index contributed by atoms with van der Waals surface area (Å²) in [5.41, 5.74) is 3.22. The van der Waals surface area contributed by atoms with Crippen molar-refractivity contribution in [3.05, 3.63) is 41.7 Å². The highest BCUT2D eigenvalue weighted by Crippen LogP contribution is 2.08. The Morgan fingerprint density at radius 1 is 0.886 bits per heavy atom. The van der Waals surface area contributed by atoms with Crippen molar-refractivity contribution in [2.75, 3.05) is 64.7 Å². The van der Waals surface area contributed by atoms with Crippen molar-refractivity contribution in [3.63, 3.8) is 0 Å². The molecule has 0 saturated heterocycles. The van der Waals surface area contributed by atoms with Crippen molar-refractivity contribution < 1.29 is 18.9 Å². The van der Waals surface area contributed by atoms with Crippen LogP contribution in [0.25, 0.3) is 0 Å². The second-order valence-corrected chi connectivity index (χ2v) is 8.53. The van der Waals surface area contributed by atoms with Crippen molar-refractivity contribution in [1.82, 2.24) is 20.3 Å². The standard InChI is InChI=1S/C25H41N5O4S/c1-3-13-31-15-17-33-19-20-34-18-16-32-14-12-30-21-24(28-29-30)6-4-5-11-26-25(35)27-23-9-7-22(2)8-10-23/h7-10,21H,3-6,11-20H2,1-2H3,(H2,26,27,35). The lowest BCUT2D eigenvalue weighted by atomic mass is 10.2. The maximum atomic E-state index is 5.60. The van der Waals surface area contributed by atoms with Gasteiger partial charge in [0, 0.05) is 25.0 Å². The zero-order valence-electron chi connectivity index (χ0n) is 21.2. The quantitative estimate of drug-likeness (QED) is 0.207. The summed E-state index contributed by atoms with van der Waals surface area (Å²) < 4.78 is 23.7.